The second-order valence-electron chi connectivity index (χ2n) is 2.39. The molecule has 1 aliphatic heterocycles. The predicted molar refractivity (Wildman–Crippen MR) is 58.5 cm³/mol. The van der Waals surface area contributed by atoms with Crippen molar-refractivity contribution in [2.75, 3.05) is 6.61 Å². The molecular weight excluding hydrogens is 160 g/mol. The average Bonchev–Trinajstić information content (AvgIpc) is 2.20. The molecular formula is C12H18O. The molecule has 1 nitrogen and oxygen atoms in total. The molecule has 13 heavy (non-hydrogen) atoms. The smallest absolute Gasteiger partial charge is 0.126 e. The topological polar surface area (TPSA) is 9.23 Å². The standard InChI is InChI=1S/C10H12O.C2H6/c1-4-9-8(3)6-7-11-10(9)5-2;1-2/h4-5H,1-3,6-7H2;1-2H3. The molecule has 0 fully saturated rings. The lowest BCUT2D eigenvalue weighted by Crippen LogP contribution is -2.05. The summed E-state index contributed by atoms with van der Waals surface area (Å²) < 4.78 is 5.33. The van der Waals surface area contributed by atoms with Crippen LogP contribution in [-0.2, 0) is 4.74 Å². The highest BCUT2D eigenvalue weighted by Gasteiger charge is 2.11. The summed E-state index contributed by atoms with van der Waals surface area (Å²) in [6, 6.07) is 0. The van der Waals surface area contributed by atoms with Gasteiger partial charge in [0.1, 0.15) is 5.76 Å². The molecule has 0 radical (unpaired) electrons. The maximum Gasteiger partial charge on any atom is 0.126 e. The van der Waals surface area contributed by atoms with Gasteiger partial charge in [-0.3, -0.25) is 0 Å². The van der Waals surface area contributed by atoms with Crippen molar-refractivity contribution in [3.05, 3.63) is 48.8 Å². The zero-order valence-electron chi connectivity index (χ0n) is 8.60. The third-order valence-corrected chi connectivity index (χ3v) is 1.70. The number of rotatable bonds is 2. The summed E-state index contributed by atoms with van der Waals surface area (Å²) in [4.78, 5) is 0. The van der Waals surface area contributed by atoms with Gasteiger partial charge in [-0.15, -0.1) is 0 Å². The Kier molecular flexibility index (Phi) is 5.69. The van der Waals surface area contributed by atoms with Gasteiger partial charge in [0.25, 0.3) is 0 Å². The van der Waals surface area contributed by atoms with Gasteiger partial charge in [0, 0.05) is 12.0 Å². The molecule has 0 N–H and O–H groups in total. The van der Waals surface area contributed by atoms with Crippen molar-refractivity contribution in [1.82, 2.24) is 0 Å². The fourth-order valence-electron chi connectivity index (χ4n) is 1.08. The molecule has 0 saturated carbocycles. The summed E-state index contributed by atoms with van der Waals surface area (Å²) in [5.74, 6) is 0.802. The largest absolute Gasteiger partial charge is 0.493 e. The molecule has 1 rings (SSSR count). The van der Waals surface area contributed by atoms with Crippen molar-refractivity contribution >= 4 is 0 Å². The number of allylic oxidation sites excluding steroid dienone is 3. The minimum atomic E-state index is 0.706. The van der Waals surface area contributed by atoms with E-state index in [9.17, 15) is 0 Å². The summed E-state index contributed by atoms with van der Waals surface area (Å²) >= 11 is 0. The van der Waals surface area contributed by atoms with Crippen LogP contribution in [0.25, 0.3) is 0 Å². The summed E-state index contributed by atoms with van der Waals surface area (Å²) in [5.41, 5.74) is 2.08. The molecule has 0 bridgehead atoms. The average molecular weight is 178 g/mol. The van der Waals surface area contributed by atoms with Crippen LogP contribution in [0.5, 0.6) is 0 Å². The fraction of sp³-hybridized carbons (Fsp3) is 0.333. The van der Waals surface area contributed by atoms with E-state index in [0.717, 1.165) is 23.3 Å². The first kappa shape index (κ1) is 11.8. The quantitative estimate of drug-likeness (QED) is 0.627. The van der Waals surface area contributed by atoms with E-state index in [1.54, 1.807) is 12.2 Å². The van der Waals surface area contributed by atoms with Gasteiger partial charge in [-0.1, -0.05) is 39.7 Å². The Morgan fingerprint density at radius 2 is 1.85 bits per heavy atom. The second kappa shape index (κ2) is 6.30. The van der Waals surface area contributed by atoms with E-state index in [0.29, 0.717) is 6.61 Å². The van der Waals surface area contributed by atoms with Crippen LogP contribution < -0.4 is 0 Å². The normalized spacial score (nSPS) is 15.4. The maximum absolute atomic E-state index is 5.33. The Labute approximate surface area is 81.1 Å². The second-order valence-corrected chi connectivity index (χ2v) is 2.39. The molecule has 0 saturated heterocycles. The molecule has 0 aliphatic carbocycles. The lowest BCUT2D eigenvalue weighted by Gasteiger charge is -2.18. The van der Waals surface area contributed by atoms with E-state index in [-0.39, 0.29) is 0 Å². The van der Waals surface area contributed by atoms with Gasteiger partial charge in [0.15, 0.2) is 0 Å². The van der Waals surface area contributed by atoms with E-state index in [1.165, 1.54) is 0 Å². The minimum absolute atomic E-state index is 0.706. The first-order valence-corrected chi connectivity index (χ1v) is 4.59. The fourth-order valence-corrected chi connectivity index (χ4v) is 1.08. The van der Waals surface area contributed by atoms with E-state index in [1.807, 2.05) is 13.8 Å². The van der Waals surface area contributed by atoms with Crippen molar-refractivity contribution in [3.63, 3.8) is 0 Å². The minimum Gasteiger partial charge on any atom is -0.493 e. The zero-order valence-corrected chi connectivity index (χ0v) is 8.60. The molecule has 72 valence electrons. The lowest BCUT2D eigenvalue weighted by molar-refractivity contribution is 0.216. The Bertz CT molecular complexity index is 234. The highest BCUT2D eigenvalue weighted by atomic mass is 16.5. The van der Waals surface area contributed by atoms with Gasteiger partial charge in [-0.2, -0.15) is 0 Å². The molecule has 0 aromatic heterocycles. The third-order valence-electron chi connectivity index (χ3n) is 1.70. The van der Waals surface area contributed by atoms with Crippen molar-refractivity contribution in [2.45, 2.75) is 20.3 Å². The van der Waals surface area contributed by atoms with Gasteiger partial charge >= 0.3 is 0 Å². The number of ether oxygens (including phenoxy) is 1. The zero-order chi connectivity index (χ0) is 10.3. The van der Waals surface area contributed by atoms with Crippen LogP contribution in [0.4, 0.5) is 0 Å². The molecule has 0 aromatic rings. The molecule has 1 heterocycles. The molecule has 0 atom stereocenters. The van der Waals surface area contributed by atoms with Crippen LogP contribution in [0, 0.1) is 0 Å². The van der Waals surface area contributed by atoms with Crippen molar-refractivity contribution in [3.8, 4) is 0 Å². The van der Waals surface area contributed by atoms with Crippen LogP contribution in [0.2, 0.25) is 0 Å². The van der Waals surface area contributed by atoms with Gasteiger partial charge in [-0.25, -0.2) is 0 Å². The Balaban J connectivity index is 0.000000671. The Morgan fingerprint density at radius 1 is 1.23 bits per heavy atom. The first-order valence-electron chi connectivity index (χ1n) is 4.59. The van der Waals surface area contributed by atoms with Crippen LogP contribution in [0.15, 0.2) is 48.8 Å². The molecule has 1 aliphatic rings. The van der Waals surface area contributed by atoms with Crippen LogP contribution in [0.1, 0.15) is 20.3 Å². The lowest BCUT2D eigenvalue weighted by atomic mass is 10.0. The van der Waals surface area contributed by atoms with Crippen LogP contribution >= 0.6 is 0 Å². The van der Waals surface area contributed by atoms with E-state index in [4.69, 9.17) is 4.74 Å². The summed E-state index contributed by atoms with van der Waals surface area (Å²) in [7, 11) is 0. The van der Waals surface area contributed by atoms with Gasteiger partial charge in [-0.05, 0) is 11.6 Å². The predicted octanol–water partition coefficient (Wildman–Crippen LogP) is 3.62. The van der Waals surface area contributed by atoms with Gasteiger partial charge < -0.3 is 4.74 Å². The Morgan fingerprint density at radius 3 is 2.23 bits per heavy atom. The SMILES string of the molecule is C=CC1=C(C=C)C(=C)CCO1.CC. The number of hydrogen-bond donors (Lipinski definition) is 0. The van der Waals surface area contributed by atoms with E-state index >= 15 is 0 Å². The van der Waals surface area contributed by atoms with Crippen molar-refractivity contribution in [2.24, 2.45) is 0 Å². The van der Waals surface area contributed by atoms with Crippen LogP contribution in [-0.4, -0.2) is 6.61 Å². The Hall–Kier alpha value is -1.24. The molecule has 0 spiro atoms. The first-order chi connectivity index (χ1) is 6.29. The molecule has 1 heteroatoms. The van der Waals surface area contributed by atoms with Crippen LogP contribution in [0.3, 0.4) is 0 Å². The summed E-state index contributed by atoms with van der Waals surface area (Å²) in [6.45, 7) is 15.9. The highest BCUT2D eigenvalue weighted by molar-refractivity contribution is 5.43. The maximum atomic E-state index is 5.33. The molecule has 0 aromatic carbocycles. The van der Waals surface area contributed by atoms with Gasteiger partial charge in [0.2, 0.25) is 0 Å². The summed E-state index contributed by atoms with van der Waals surface area (Å²) in [6.07, 6.45) is 4.35. The van der Waals surface area contributed by atoms with Gasteiger partial charge in [0.05, 0.1) is 6.61 Å². The summed E-state index contributed by atoms with van der Waals surface area (Å²) in [5, 5.41) is 0. The monoisotopic (exact) mass is 178 g/mol. The van der Waals surface area contributed by atoms with E-state index in [2.05, 4.69) is 19.7 Å². The van der Waals surface area contributed by atoms with E-state index < -0.39 is 0 Å². The van der Waals surface area contributed by atoms with Crippen molar-refractivity contribution in [1.29, 1.82) is 0 Å². The molecule has 0 unspecified atom stereocenters. The highest BCUT2D eigenvalue weighted by Crippen LogP contribution is 2.24. The third kappa shape index (κ3) is 2.94. The molecule has 0 amide bonds. The van der Waals surface area contributed by atoms with Crippen molar-refractivity contribution < 1.29 is 4.74 Å². The number of hydrogen-bond acceptors (Lipinski definition) is 1.